The molecule has 0 saturated carbocycles. The minimum Gasteiger partial charge on any atom is -0.378 e. The summed E-state index contributed by atoms with van der Waals surface area (Å²) in [6.07, 6.45) is 0.284. The number of benzene rings is 2. The van der Waals surface area contributed by atoms with E-state index in [0.717, 1.165) is 5.56 Å². The van der Waals surface area contributed by atoms with Crippen molar-refractivity contribution >= 4 is 28.9 Å². The zero-order chi connectivity index (χ0) is 21.7. The number of rotatable bonds is 6. The molecule has 2 aromatic rings. The van der Waals surface area contributed by atoms with Gasteiger partial charge in [0.05, 0.1) is 24.6 Å². The molecule has 0 aliphatic carbocycles. The smallest absolute Gasteiger partial charge is 0.293 e. The number of carbonyl (C=O) groups excluding carboxylic acids is 2. The minimum absolute atomic E-state index is 0.0448. The lowest BCUT2D eigenvalue weighted by atomic mass is 10.1. The first kappa shape index (κ1) is 21.3. The number of anilines is 2. The standard InChI is InChI=1S/C21H24N4O5/c1-23(2)18-8-5-16(14-19(18)25(28)29)21(27)22-17-6-3-15(4-7-17)13-20(26)24-9-11-30-12-10-24/h3-8,14H,9-13H2,1-2H3,(H,22,27). The van der Waals surface area contributed by atoms with Gasteiger partial charge in [0.1, 0.15) is 5.69 Å². The van der Waals surface area contributed by atoms with Crippen LogP contribution in [-0.2, 0) is 16.0 Å². The molecule has 0 radical (unpaired) electrons. The molecule has 0 spiro atoms. The molecule has 2 amide bonds. The lowest BCUT2D eigenvalue weighted by Crippen LogP contribution is -2.41. The van der Waals surface area contributed by atoms with E-state index in [1.165, 1.54) is 6.07 Å². The molecular weight excluding hydrogens is 388 g/mol. The fraction of sp³-hybridized carbons (Fsp3) is 0.333. The van der Waals surface area contributed by atoms with Crippen molar-refractivity contribution in [2.24, 2.45) is 0 Å². The number of amides is 2. The maximum atomic E-state index is 12.5. The van der Waals surface area contributed by atoms with Gasteiger partial charge in [0.15, 0.2) is 0 Å². The van der Waals surface area contributed by atoms with Crippen molar-refractivity contribution < 1.29 is 19.2 Å². The maximum Gasteiger partial charge on any atom is 0.293 e. The van der Waals surface area contributed by atoms with Crippen LogP contribution in [0.1, 0.15) is 15.9 Å². The molecular formula is C21H24N4O5. The maximum absolute atomic E-state index is 12.5. The first-order valence-corrected chi connectivity index (χ1v) is 9.56. The van der Waals surface area contributed by atoms with Gasteiger partial charge in [-0.3, -0.25) is 19.7 Å². The van der Waals surface area contributed by atoms with E-state index < -0.39 is 10.8 Å². The van der Waals surface area contributed by atoms with Crippen LogP contribution in [0.25, 0.3) is 0 Å². The zero-order valence-electron chi connectivity index (χ0n) is 17.0. The Bertz CT molecular complexity index is 937. The van der Waals surface area contributed by atoms with E-state index in [1.54, 1.807) is 60.3 Å². The van der Waals surface area contributed by atoms with E-state index in [2.05, 4.69) is 5.32 Å². The molecule has 9 heteroatoms. The van der Waals surface area contributed by atoms with Crippen LogP contribution in [0.3, 0.4) is 0 Å². The Labute approximate surface area is 174 Å². The lowest BCUT2D eigenvalue weighted by Gasteiger charge is -2.26. The molecule has 0 aromatic heterocycles. The highest BCUT2D eigenvalue weighted by Crippen LogP contribution is 2.28. The summed E-state index contributed by atoms with van der Waals surface area (Å²) < 4.78 is 5.25. The van der Waals surface area contributed by atoms with Crippen LogP contribution in [0.5, 0.6) is 0 Å². The van der Waals surface area contributed by atoms with E-state index in [4.69, 9.17) is 4.74 Å². The van der Waals surface area contributed by atoms with Gasteiger partial charge >= 0.3 is 0 Å². The minimum atomic E-state index is -0.508. The summed E-state index contributed by atoms with van der Waals surface area (Å²) in [7, 11) is 3.40. The van der Waals surface area contributed by atoms with Gasteiger partial charge in [0, 0.05) is 44.5 Å². The largest absolute Gasteiger partial charge is 0.378 e. The molecule has 0 unspecified atom stereocenters. The Kier molecular flexibility index (Phi) is 6.63. The molecule has 0 bridgehead atoms. The summed E-state index contributed by atoms with van der Waals surface area (Å²) in [4.78, 5) is 39.0. The predicted octanol–water partition coefficient (Wildman–Crippen LogP) is 2.31. The summed E-state index contributed by atoms with van der Waals surface area (Å²) in [5, 5.41) is 14.0. The SMILES string of the molecule is CN(C)c1ccc(C(=O)Nc2ccc(CC(=O)N3CCOCC3)cc2)cc1[N+](=O)[O-]. The van der Waals surface area contributed by atoms with Crippen LogP contribution >= 0.6 is 0 Å². The summed E-state index contributed by atoms with van der Waals surface area (Å²) in [6, 6.07) is 11.3. The second-order valence-corrected chi connectivity index (χ2v) is 7.18. The Morgan fingerprint density at radius 2 is 1.80 bits per heavy atom. The van der Waals surface area contributed by atoms with Gasteiger partial charge in [-0.2, -0.15) is 0 Å². The molecule has 3 rings (SSSR count). The molecule has 158 valence electrons. The monoisotopic (exact) mass is 412 g/mol. The van der Waals surface area contributed by atoms with E-state index in [-0.39, 0.29) is 23.6 Å². The van der Waals surface area contributed by atoms with E-state index >= 15 is 0 Å². The van der Waals surface area contributed by atoms with Gasteiger partial charge in [0.25, 0.3) is 11.6 Å². The van der Waals surface area contributed by atoms with Crippen molar-refractivity contribution in [1.82, 2.24) is 4.90 Å². The molecule has 30 heavy (non-hydrogen) atoms. The summed E-state index contributed by atoms with van der Waals surface area (Å²) in [6.45, 7) is 2.33. The molecule has 1 aliphatic heterocycles. The Hall–Kier alpha value is -3.46. The summed E-state index contributed by atoms with van der Waals surface area (Å²) in [5.41, 5.74) is 1.87. The number of carbonyl (C=O) groups is 2. The summed E-state index contributed by atoms with van der Waals surface area (Å²) >= 11 is 0. The number of nitrogens with one attached hydrogen (secondary N) is 1. The number of hydrogen-bond acceptors (Lipinski definition) is 6. The van der Waals surface area contributed by atoms with Gasteiger partial charge < -0.3 is 19.9 Å². The lowest BCUT2D eigenvalue weighted by molar-refractivity contribution is -0.384. The van der Waals surface area contributed by atoms with Crippen molar-refractivity contribution in [2.75, 3.05) is 50.6 Å². The fourth-order valence-corrected chi connectivity index (χ4v) is 3.20. The van der Waals surface area contributed by atoms with Crippen molar-refractivity contribution in [3.05, 3.63) is 63.7 Å². The number of hydrogen-bond donors (Lipinski definition) is 1. The highest BCUT2D eigenvalue weighted by molar-refractivity contribution is 6.05. The van der Waals surface area contributed by atoms with E-state index in [9.17, 15) is 19.7 Å². The topological polar surface area (TPSA) is 105 Å². The number of ether oxygens (including phenoxy) is 1. The van der Waals surface area contributed by atoms with Crippen molar-refractivity contribution in [2.45, 2.75) is 6.42 Å². The van der Waals surface area contributed by atoms with Gasteiger partial charge in [0.2, 0.25) is 5.91 Å². The molecule has 1 N–H and O–H groups in total. The fourth-order valence-electron chi connectivity index (χ4n) is 3.20. The van der Waals surface area contributed by atoms with Gasteiger partial charge in [-0.1, -0.05) is 12.1 Å². The Morgan fingerprint density at radius 1 is 1.13 bits per heavy atom. The quantitative estimate of drug-likeness (QED) is 0.577. The third kappa shape index (κ3) is 5.12. The number of morpholine rings is 1. The number of nitro groups is 1. The van der Waals surface area contributed by atoms with Crippen LogP contribution in [0, 0.1) is 10.1 Å². The van der Waals surface area contributed by atoms with Crippen LogP contribution in [-0.4, -0.2) is 62.0 Å². The van der Waals surface area contributed by atoms with Gasteiger partial charge in [-0.05, 0) is 29.8 Å². The normalized spacial score (nSPS) is 13.6. The Morgan fingerprint density at radius 3 is 2.40 bits per heavy atom. The highest BCUT2D eigenvalue weighted by atomic mass is 16.6. The van der Waals surface area contributed by atoms with Crippen molar-refractivity contribution in [1.29, 1.82) is 0 Å². The first-order valence-electron chi connectivity index (χ1n) is 9.56. The molecule has 2 aromatic carbocycles. The second kappa shape index (κ2) is 9.36. The first-order chi connectivity index (χ1) is 14.3. The van der Waals surface area contributed by atoms with E-state index in [0.29, 0.717) is 37.7 Å². The van der Waals surface area contributed by atoms with Crippen molar-refractivity contribution in [3.63, 3.8) is 0 Å². The second-order valence-electron chi connectivity index (χ2n) is 7.18. The zero-order valence-corrected chi connectivity index (χ0v) is 17.0. The molecule has 9 nitrogen and oxygen atoms in total. The Balaban J connectivity index is 1.65. The van der Waals surface area contributed by atoms with E-state index in [1.807, 2.05) is 0 Å². The van der Waals surface area contributed by atoms with Crippen LogP contribution in [0.15, 0.2) is 42.5 Å². The third-order valence-corrected chi connectivity index (χ3v) is 4.85. The van der Waals surface area contributed by atoms with Crippen molar-refractivity contribution in [3.8, 4) is 0 Å². The van der Waals surface area contributed by atoms with Crippen LogP contribution in [0.4, 0.5) is 17.1 Å². The molecule has 1 aliphatic rings. The molecule has 0 atom stereocenters. The summed E-state index contributed by atoms with van der Waals surface area (Å²) in [5.74, 6) is -0.399. The highest BCUT2D eigenvalue weighted by Gasteiger charge is 2.19. The average Bonchev–Trinajstić information content (AvgIpc) is 2.75. The predicted molar refractivity (Wildman–Crippen MR) is 113 cm³/mol. The number of nitro benzene ring substituents is 1. The molecule has 1 saturated heterocycles. The van der Waals surface area contributed by atoms with Gasteiger partial charge in [-0.15, -0.1) is 0 Å². The van der Waals surface area contributed by atoms with Crippen LogP contribution in [0.2, 0.25) is 0 Å². The third-order valence-electron chi connectivity index (χ3n) is 4.85. The molecule has 1 heterocycles. The average molecular weight is 412 g/mol. The van der Waals surface area contributed by atoms with Gasteiger partial charge in [-0.25, -0.2) is 0 Å². The number of nitrogens with zero attached hydrogens (tertiary/aromatic N) is 3. The van der Waals surface area contributed by atoms with Crippen LogP contribution < -0.4 is 10.2 Å². The molecule has 1 fully saturated rings.